The third kappa shape index (κ3) is 5.34. The largest absolute Gasteiger partial charge is 0.497 e. The average Bonchev–Trinajstić information content (AvgIpc) is 3.25. The van der Waals surface area contributed by atoms with Gasteiger partial charge in [0.25, 0.3) is 5.89 Å². The Labute approximate surface area is 169 Å². The van der Waals surface area contributed by atoms with Crippen LogP contribution in [-0.4, -0.2) is 29.9 Å². The molecule has 152 valence electrons. The lowest BCUT2D eigenvalue weighted by molar-refractivity contribution is 0.0280. The highest BCUT2D eigenvalue weighted by molar-refractivity contribution is 5.89. The normalized spacial score (nSPS) is 11.7. The van der Waals surface area contributed by atoms with Crippen LogP contribution in [0.4, 0.5) is 0 Å². The van der Waals surface area contributed by atoms with Crippen LogP contribution >= 0.6 is 0 Å². The second kappa shape index (κ2) is 9.73. The van der Waals surface area contributed by atoms with E-state index in [1.54, 1.807) is 50.4 Å². The molecule has 2 aromatic carbocycles. The van der Waals surface area contributed by atoms with Gasteiger partial charge in [0.05, 0.1) is 19.3 Å². The zero-order chi connectivity index (χ0) is 20.6. The second-order valence-corrected chi connectivity index (χ2v) is 6.45. The molecule has 0 aliphatic carbocycles. The van der Waals surface area contributed by atoms with Crippen LogP contribution in [0.25, 0.3) is 11.5 Å². The van der Waals surface area contributed by atoms with Gasteiger partial charge in [-0.05, 0) is 61.9 Å². The first-order valence-corrected chi connectivity index (χ1v) is 9.52. The smallest absolute Gasteiger partial charge is 0.338 e. The lowest BCUT2D eigenvalue weighted by Gasteiger charge is -2.10. The number of esters is 1. The van der Waals surface area contributed by atoms with Crippen LogP contribution < -0.4 is 9.47 Å². The van der Waals surface area contributed by atoms with Crippen molar-refractivity contribution in [2.24, 2.45) is 0 Å². The number of hydrogen-bond acceptors (Lipinski definition) is 7. The zero-order valence-corrected chi connectivity index (χ0v) is 16.8. The minimum absolute atomic E-state index is 0.226. The SMILES string of the molecule is CCCCOc1ccc(C(=O)O[C@H](C)c2nnc(-c3ccc(OC)cc3)o2)cc1. The predicted octanol–water partition coefficient (Wildman–Crippen LogP) is 4.84. The number of ether oxygens (including phenoxy) is 3. The van der Waals surface area contributed by atoms with Crippen LogP contribution in [0.1, 0.15) is 49.0 Å². The standard InChI is InChI=1S/C22H24N2O5/c1-4-5-14-27-19-12-8-17(9-13-19)22(25)28-15(2)20-23-24-21(29-20)16-6-10-18(26-3)11-7-16/h6-13,15H,4-5,14H2,1-3H3/t15-/m1/s1. The van der Waals surface area contributed by atoms with Crippen molar-refractivity contribution in [1.29, 1.82) is 0 Å². The van der Waals surface area contributed by atoms with Gasteiger partial charge < -0.3 is 18.6 Å². The van der Waals surface area contributed by atoms with Gasteiger partial charge in [-0.25, -0.2) is 4.79 Å². The number of benzene rings is 2. The maximum Gasteiger partial charge on any atom is 0.338 e. The Kier molecular flexibility index (Phi) is 6.84. The Morgan fingerprint density at radius 2 is 1.72 bits per heavy atom. The number of carbonyl (C=O) groups excluding carboxylic acids is 1. The lowest BCUT2D eigenvalue weighted by atomic mass is 10.2. The Balaban J connectivity index is 1.60. The molecule has 7 nitrogen and oxygen atoms in total. The van der Waals surface area contributed by atoms with Crippen LogP contribution in [0.3, 0.4) is 0 Å². The van der Waals surface area contributed by atoms with E-state index >= 15 is 0 Å². The van der Waals surface area contributed by atoms with E-state index in [1.165, 1.54) is 0 Å². The Bertz CT molecular complexity index is 919. The highest BCUT2D eigenvalue weighted by Gasteiger charge is 2.20. The van der Waals surface area contributed by atoms with Gasteiger partial charge in [0.1, 0.15) is 11.5 Å². The summed E-state index contributed by atoms with van der Waals surface area (Å²) in [5, 5.41) is 8.02. The molecule has 0 spiro atoms. The van der Waals surface area contributed by atoms with Gasteiger partial charge in [0, 0.05) is 5.56 Å². The molecule has 0 aliphatic heterocycles. The number of unbranched alkanes of at least 4 members (excludes halogenated alkanes) is 1. The molecular formula is C22H24N2O5. The first-order chi connectivity index (χ1) is 14.1. The van der Waals surface area contributed by atoms with Crippen molar-refractivity contribution in [2.45, 2.75) is 32.8 Å². The Morgan fingerprint density at radius 1 is 1.03 bits per heavy atom. The summed E-state index contributed by atoms with van der Waals surface area (Å²) in [5.41, 5.74) is 1.18. The molecule has 29 heavy (non-hydrogen) atoms. The van der Waals surface area contributed by atoms with E-state index in [2.05, 4.69) is 17.1 Å². The fourth-order valence-electron chi connectivity index (χ4n) is 2.55. The molecule has 1 atom stereocenters. The topological polar surface area (TPSA) is 83.7 Å². The van der Waals surface area contributed by atoms with Crippen molar-refractivity contribution >= 4 is 5.97 Å². The predicted molar refractivity (Wildman–Crippen MR) is 107 cm³/mol. The van der Waals surface area contributed by atoms with Gasteiger partial charge >= 0.3 is 5.97 Å². The number of hydrogen-bond donors (Lipinski definition) is 0. The van der Waals surface area contributed by atoms with Crippen LogP contribution in [-0.2, 0) is 4.74 Å². The molecule has 0 saturated heterocycles. The van der Waals surface area contributed by atoms with Crippen LogP contribution in [0.5, 0.6) is 11.5 Å². The van der Waals surface area contributed by atoms with Gasteiger partial charge in [-0.1, -0.05) is 13.3 Å². The van der Waals surface area contributed by atoms with E-state index in [4.69, 9.17) is 18.6 Å². The summed E-state index contributed by atoms with van der Waals surface area (Å²) in [4.78, 5) is 12.4. The van der Waals surface area contributed by atoms with E-state index in [-0.39, 0.29) is 5.89 Å². The van der Waals surface area contributed by atoms with Crippen molar-refractivity contribution < 1.29 is 23.4 Å². The molecule has 0 amide bonds. The third-order valence-electron chi connectivity index (χ3n) is 4.27. The molecule has 3 aromatic rings. The zero-order valence-electron chi connectivity index (χ0n) is 16.8. The van der Waals surface area contributed by atoms with E-state index < -0.39 is 12.1 Å². The quantitative estimate of drug-likeness (QED) is 0.378. The molecule has 0 bridgehead atoms. The molecule has 0 fully saturated rings. The van der Waals surface area contributed by atoms with Crippen molar-refractivity contribution in [3.8, 4) is 23.0 Å². The molecule has 1 aromatic heterocycles. The van der Waals surface area contributed by atoms with E-state index in [1.807, 2.05) is 12.1 Å². The highest BCUT2D eigenvalue weighted by atomic mass is 16.6. The summed E-state index contributed by atoms with van der Waals surface area (Å²) in [6.07, 6.45) is 1.38. The number of rotatable bonds is 9. The highest BCUT2D eigenvalue weighted by Crippen LogP contribution is 2.25. The number of methoxy groups -OCH3 is 1. The molecule has 0 saturated carbocycles. The van der Waals surface area contributed by atoms with Gasteiger partial charge in [0.2, 0.25) is 5.89 Å². The maximum atomic E-state index is 12.4. The summed E-state index contributed by atoms with van der Waals surface area (Å²) in [5.74, 6) is 1.56. The van der Waals surface area contributed by atoms with Gasteiger partial charge in [-0.2, -0.15) is 0 Å². The van der Waals surface area contributed by atoms with Crippen LogP contribution in [0.15, 0.2) is 52.9 Å². The van der Waals surface area contributed by atoms with E-state index in [9.17, 15) is 4.79 Å². The molecule has 0 aliphatic rings. The number of carbonyl (C=O) groups is 1. The monoisotopic (exact) mass is 396 g/mol. The van der Waals surface area contributed by atoms with Crippen molar-refractivity contribution in [3.63, 3.8) is 0 Å². The Morgan fingerprint density at radius 3 is 2.38 bits per heavy atom. The molecule has 7 heteroatoms. The number of aromatic nitrogens is 2. The minimum atomic E-state index is -0.678. The summed E-state index contributed by atoms with van der Waals surface area (Å²) in [6.45, 7) is 4.45. The van der Waals surface area contributed by atoms with Gasteiger partial charge in [0.15, 0.2) is 6.10 Å². The van der Waals surface area contributed by atoms with E-state index in [0.29, 0.717) is 18.1 Å². The van der Waals surface area contributed by atoms with E-state index in [0.717, 1.165) is 29.9 Å². The maximum absolute atomic E-state index is 12.4. The summed E-state index contributed by atoms with van der Waals surface area (Å²) < 4.78 is 21.8. The van der Waals surface area contributed by atoms with Crippen LogP contribution in [0, 0.1) is 0 Å². The molecule has 1 heterocycles. The lowest BCUT2D eigenvalue weighted by Crippen LogP contribution is -2.09. The Hall–Kier alpha value is -3.35. The molecule has 0 N–H and O–H groups in total. The molecule has 0 unspecified atom stereocenters. The van der Waals surface area contributed by atoms with Crippen LogP contribution in [0.2, 0.25) is 0 Å². The number of nitrogens with zero attached hydrogens (tertiary/aromatic N) is 2. The van der Waals surface area contributed by atoms with Crippen molar-refractivity contribution in [2.75, 3.05) is 13.7 Å². The summed E-state index contributed by atoms with van der Waals surface area (Å²) in [7, 11) is 1.60. The third-order valence-corrected chi connectivity index (χ3v) is 4.27. The summed E-state index contributed by atoms with van der Waals surface area (Å²) in [6, 6.07) is 14.1. The fourth-order valence-corrected chi connectivity index (χ4v) is 2.55. The minimum Gasteiger partial charge on any atom is -0.497 e. The fraction of sp³-hybridized carbons (Fsp3) is 0.318. The first kappa shape index (κ1) is 20.4. The summed E-state index contributed by atoms with van der Waals surface area (Å²) >= 11 is 0. The molecule has 0 radical (unpaired) electrons. The average molecular weight is 396 g/mol. The van der Waals surface area contributed by atoms with Crippen molar-refractivity contribution in [3.05, 3.63) is 60.0 Å². The first-order valence-electron chi connectivity index (χ1n) is 9.52. The second-order valence-electron chi connectivity index (χ2n) is 6.45. The van der Waals surface area contributed by atoms with Gasteiger partial charge in [-0.15, -0.1) is 10.2 Å². The molecule has 3 rings (SSSR count). The molecular weight excluding hydrogens is 372 g/mol. The van der Waals surface area contributed by atoms with Crippen molar-refractivity contribution in [1.82, 2.24) is 10.2 Å². The van der Waals surface area contributed by atoms with Gasteiger partial charge in [-0.3, -0.25) is 0 Å².